The van der Waals surface area contributed by atoms with Crippen molar-refractivity contribution in [2.45, 2.75) is 57.3 Å². The summed E-state index contributed by atoms with van der Waals surface area (Å²) in [5.41, 5.74) is 1.09. The fraction of sp³-hybridized carbons (Fsp3) is 0.800. The smallest absolute Gasteiger partial charge is 0.107 e. The van der Waals surface area contributed by atoms with Gasteiger partial charge in [-0.2, -0.15) is 0 Å². The van der Waals surface area contributed by atoms with E-state index in [2.05, 4.69) is 27.6 Å². The largest absolute Gasteiger partial charge is 0.375 e. The Morgan fingerprint density at radius 3 is 3.10 bits per heavy atom. The van der Waals surface area contributed by atoms with Crippen LogP contribution in [0.1, 0.15) is 42.8 Å². The van der Waals surface area contributed by atoms with E-state index in [1.807, 2.05) is 0 Å². The Hall–Kier alpha value is -0.490. The highest BCUT2D eigenvalue weighted by Crippen LogP contribution is 2.20. The monoisotopic (exact) mass is 295 g/mol. The molecule has 0 amide bonds. The SMILES string of the molecule is CN1CCCC1CCOCc1csc(CNC2CC2)n1. The van der Waals surface area contributed by atoms with Crippen LogP contribution in [0.25, 0.3) is 0 Å². The molecule has 1 aromatic heterocycles. The first-order valence-corrected chi connectivity index (χ1v) is 8.64. The molecule has 3 rings (SSSR count). The van der Waals surface area contributed by atoms with Crippen molar-refractivity contribution in [2.24, 2.45) is 0 Å². The summed E-state index contributed by atoms with van der Waals surface area (Å²) in [6.45, 7) is 3.68. The molecule has 2 aliphatic rings. The van der Waals surface area contributed by atoms with Gasteiger partial charge in [-0.3, -0.25) is 0 Å². The molecular formula is C15H25N3OS. The predicted octanol–water partition coefficient (Wildman–Crippen LogP) is 2.40. The number of hydrogen-bond donors (Lipinski definition) is 1. The number of ether oxygens (including phenoxy) is 1. The van der Waals surface area contributed by atoms with Crippen molar-refractivity contribution in [2.75, 3.05) is 20.2 Å². The van der Waals surface area contributed by atoms with Gasteiger partial charge in [0.15, 0.2) is 0 Å². The molecule has 1 saturated carbocycles. The molecule has 4 nitrogen and oxygen atoms in total. The summed E-state index contributed by atoms with van der Waals surface area (Å²) in [5, 5.41) is 6.81. The first-order chi connectivity index (χ1) is 9.81. The lowest BCUT2D eigenvalue weighted by Crippen LogP contribution is -2.26. The predicted molar refractivity (Wildman–Crippen MR) is 81.9 cm³/mol. The molecule has 1 aromatic rings. The quantitative estimate of drug-likeness (QED) is 0.747. The van der Waals surface area contributed by atoms with Crippen LogP contribution in [0.2, 0.25) is 0 Å². The number of nitrogens with one attached hydrogen (secondary N) is 1. The minimum atomic E-state index is 0.663. The minimum Gasteiger partial charge on any atom is -0.375 e. The van der Waals surface area contributed by atoms with E-state index in [1.165, 1.54) is 37.2 Å². The number of hydrogen-bond acceptors (Lipinski definition) is 5. The number of thiazole rings is 1. The van der Waals surface area contributed by atoms with Gasteiger partial charge in [0.25, 0.3) is 0 Å². The number of aromatic nitrogens is 1. The second-order valence-electron chi connectivity index (χ2n) is 6.01. The molecule has 112 valence electrons. The molecule has 0 bridgehead atoms. The maximum atomic E-state index is 5.78. The Kier molecular flexibility index (Phi) is 5.04. The Balaban J connectivity index is 1.31. The van der Waals surface area contributed by atoms with Crippen molar-refractivity contribution in [1.82, 2.24) is 15.2 Å². The lowest BCUT2D eigenvalue weighted by Gasteiger charge is -2.18. The maximum absolute atomic E-state index is 5.78. The highest BCUT2D eigenvalue weighted by atomic mass is 32.1. The van der Waals surface area contributed by atoms with Crippen LogP contribution in [0.3, 0.4) is 0 Å². The Morgan fingerprint density at radius 1 is 1.45 bits per heavy atom. The number of likely N-dealkylation sites (tertiary alicyclic amines) is 1. The van der Waals surface area contributed by atoms with Crippen molar-refractivity contribution in [3.63, 3.8) is 0 Å². The molecule has 0 radical (unpaired) electrons. The van der Waals surface area contributed by atoms with E-state index in [0.29, 0.717) is 6.61 Å². The van der Waals surface area contributed by atoms with Crippen molar-refractivity contribution in [1.29, 1.82) is 0 Å². The molecule has 1 aliphatic heterocycles. The highest BCUT2D eigenvalue weighted by Gasteiger charge is 2.21. The fourth-order valence-corrected chi connectivity index (χ4v) is 3.49. The summed E-state index contributed by atoms with van der Waals surface area (Å²) >= 11 is 1.74. The Labute approximate surface area is 125 Å². The van der Waals surface area contributed by atoms with Crippen LogP contribution < -0.4 is 5.32 Å². The third-order valence-electron chi connectivity index (χ3n) is 4.24. The van der Waals surface area contributed by atoms with E-state index in [9.17, 15) is 0 Å². The fourth-order valence-electron chi connectivity index (χ4n) is 2.76. The van der Waals surface area contributed by atoms with E-state index in [0.717, 1.165) is 37.4 Å². The van der Waals surface area contributed by atoms with Crippen LogP contribution in [0.4, 0.5) is 0 Å². The maximum Gasteiger partial charge on any atom is 0.107 e. The van der Waals surface area contributed by atoms with Crippen LogP contribution in [0.5, 0.6) is 0 Å². The zero-order chi connectivity index (χ0) is 13.8. The van der Waals surface area contributed by atoms with Gasteiger partial charge in [0.2, 0.25) is 0 Å². The first-order valence-electron chi connectivity index (χ1n) is 7.76. The summed E-state index contributed by atoms with van der Waals surface area (Å²) in [5.74, 6) is 0. The molecule has 2 fully saturated rings. The third kappa shape index (κ3) is 4.25. The molecule has 5 heteroatoms. The van der Waals surface area contributed by atoms with Gasteiger partial charge in [-0.15, -0.1) is 11.3 Å². The van der Waals surface area contributed by atoms with Crippen molar-refractivity contribution in [3.05, 3.63) is 16.1 Å². The van der Waals surface area contributed by atoms with E-state index in [1.54, 1.807) is 11.3 Å². The summed E-state index contributed by atoms with van der Waals surface area (Å²) in [6.07, 6.45) is 6.47. The van der Waals surface area contributed by atoms with Gasteiger partial charge in [-0.1, -0.05) is 0 Å². The van der Waals surface area contributed by atoms with Crippen molar-refractivity contribution in [3.8, 4) is 0 Å². The third-order valence-corrected chi connectivity index (χ3v) is 5.13. The van der Waals surface area contributed by atoms with Gasteiger partial charge in [0.05, 0.1) is 12.3 Å². The molecule has 1 saturated heterocycles. The van der Waals surface area contributed by atoms with E-state index < -0.39 is 0 Å². The van der Waals surface area contributed by atoms with E-state index in [4.69, 9.17) is 4.74 Å². The number of nitrogens with zero attached hydrogens (tertiary/aromatic N) is 2. The van der Waals surface area contributed by atoms with E-state index in [-0.39, 0.29) is 0 Å². The summed E-state index contributed by atoms with van der Waals surface area (Å²) in [6, 6.07) is 1.48. The summed E-state index contributed by atoms with van der Waals surface area (Å²) in [7, 11) is 2.22. The average molecular weight is 295 g/mol. The standard InChI is InChI=1S/C15H25N3OS/c1-18-7-2-3-14(18)6-8-19-10-13-11-20-15(17-13)9-16-12-4-5-12/h11-12,14,16H,2-10H2,1H3. The lowest BCUT2D eigenvalue weighted by molar-refractivity contribution is 0.0995. The summed E-state index contributed by atoms with van der Waals surface area (Å²) < 4.78 is 5.78. The van der Waals surface area contributed by atoms with Gasteiger partial charge in [0, 0.05) is 30.6 Å². The summed E-state index contributed by atoms with van der Waals surface area (Å²) in [4.78, 5) is 7.07. The van der Waals surface area contributed by atoms with Gasteiger partial charge in [-0.05, 0) is 45.7 Å². The normalized spacial score (nSPS) is 23.6. The molecule has 20 heavy (non-hydrogen) atoms. The molecule has 1 N–H and O–H groups in total. The number of rotatable bonds is 8. The van der Waals surface area contributed by atoms with Crippen molar-refractivity contribution < 1.29 is 4.74 Å². The highest BCUT2D eigenvalue weighted by molar-refractivity contribution is 7.09. The topological polar surface area (TPSA) is 37.4 Å². The molecule has 2 heterocycles. The van der Waals surface area contributed by atoms with Crippen LogP contribution >= 0.6 is 11.3 Å². The van der Waals surface area contributed by atoms with Crippen LogP contribution in [-0.2, 0) is 17.9 Å². The average Bonchev–Trinajstić information content (AvgIpc) is 3.03. The van der Waals surface area contributed by atoms with Crippen LogP contribution in [-0.4, -0.2) is 42.2 Å². The van der Waals surface area contributed by atoms with Crippen LogP contribution in [0, 0.1) is 0 Å². The Morgan fingerprint density at radius 2 is 2.35 bits per heavy atom. The zero-order valence-electron chi connectivity index (χ0n) is 12.3. The van der Waals surface area contributed by atoms with Gasteiger partial charge in [-0.25, -0.2) is 4.98 Å². The van der Waals surface area contributed by atoms with Gasteiger partial charge >= 0.3 is 0 Å². The Bertz CT molecular complexity index is 419. The lowest BCUT2D eigenvalue weighted by atomic mass is 10.1. The van der Waals surface area contributed by atoms with Crippen LogP contribution in [0.15, 0.2) is 5.38 Å². The molecular weight excluding hydrogens is 270 g/mol. The van der Waals surface area contributed by atoms with Crippen molar-refractivity contribution >= 4 is 11.3 Å². The molecule has 1 atom stereocenters. The molecule has 1 aliphatic carbocycles. The van der Waals surface area contributed by atoms with Gasteiger partial charge < -0.3 is 15.0 Å². The minimum absolute atomic E-state index is 0.663. The first kappa shape index (κ1) is 14.4. The second-order valence-corrected chi connectivity index (χ2v) is 6.95. The second kappa shape index (κ2) is 6.98. The molecule has 0 spiro atoms. The zero-order valence-corrected chi connectivity index (χ0v) is 13.1. The molecule has 0 aromatic carbocycles. The molecule has 1 unspecified atom stereocenters. The van der Waals surface area contributed by atoms with Gasteiger partial charge in [0.1, 0.15) is 5.01 Å². The van der Waals surface area contributed by atoms with E-state index >= 15 is 0 Å².